The van der Waals surface area contributed by atoms with Gasteiger partial charge in [-0.05, 0) is 42.2 Å². The van der Waals surface area contributed by atoms with Gasteiger partial charge < -0.3 is 14.8 Å². The van der Waals surface area contributed by atoms with Crippen LogP contribution >= 0.6 is 0 Å². The molecule has 1 aromatic heterocycles. The molecule has 1 amide bonds. The van der Waals surface area contributed by atoms with Gasteiger partial charge in [0.25, 0.3) is 5.91 Å². The van der Waals surface area contributed by atoms with E-state index < -0.39 is 23.0 Å². The molecule has 1 N–H and O–H groups in total. The maximum atomic E-state index is 14.0. The fourth-order valence-corrected chi connectivity index (χ4v) is 4.66. The monoisotopic (exact) mass is 484 g/mol. The number of anilines is 2. The van der Waals surface area contributed by atoms with Gasteiger partial charge in [0, 0.05) is 43.2 Å². The molecule has 1 aliphatic heterocycles. The molecule has 0 spiro atoms. The third kappa shape index (κ3) is 5.37. The molecule has 0 aliphatic carbocycles. The second kappa shape index (κ2) is 10.1. The van der Waals surface area contributed by atoms with Crippen LogP contribution in [0, 0.1) is 6.92 Å². The predicted octanol–water partition coefficient (Wildman–Crippen LogP) is 5.07. The number of aromatic nitrogens is 2. The molecule has 4 rings (SSSR count). The lowest BCUT2D eigenvalue weighted by atomic mass is 10.0. The zero-order chi connectivity index (χ0) is 24.3. The van der Waals surface area contributed by atoms with Crippen molar-refractivity contribution in [2.75, 3.05) is 29.6 Å². The molecule has 1 atom stereocenters. The summed E-state index contributed by atoms with van der Waals surface area (Å²) in [6.07, 6.45) is 1.36. The Balaban J connectivity index is 1.76. The minimum absolute atomic E-state index is 0.0797. The van der Waals surface area contributed by atoms with E-state index in [1.54, 1.807) is 42.3 Å². The molecule has 34 heavy (non-hydrogen) atoms. The molecule has 2 heterocycles. The molecule has 2 aromatic carbocycles. The first-order valence-corrected chi connectivity index (χ1v) is 12.6. The molecule has 0 radical (unpaired) electrons. The summed E-state index contributed by atoms with van der Waals surface area (Å²) in [5, 5.41) is 11.6. The highest BCUT2D eigenvalue weighted by Gasteiger charge is 2.34. The van der Waals surface area contributed by atoms with E-state index in [2.05, 4.69) is 15.5 Å². The van der Waals surface area contributed by atoms with Gasteiger partial charge in [0.2, 0.25) is 5.92 Å². The predicted molar refractivity (Wildman–Crippen MR) is 130 cm³/mol. The van der Waals surface area contributed by atoms with Crippen LogP contribution in [-0.4, -0.2) is 45.9 Å². The quantitative estimate of drug-likeness (QED) is 0.512. The first-order chi connectivity index (χ1) is 16.2. The molecule has 1 unspecified atom stereocenters. The number of nitrogens with one attached hydrogen (secondary N) is 1. The first-order valence-electron chi connectivity index (χ1n) is 11.1. The van der Waals surface area contributed by atoms with E-state index in [0.717, 1.165) is 5.56 Å². The van der Waals surface area contributed by atoms with E-state index in [0.29, 0.717) is 46.2 Å². The summed E-state index contributed by atoms with van der Waals surface area (Å²) in [5.74, 6) is -2.86. The zero-order valence-corrected chi connectivity index (χ0v) is 19.9. The van der Waals surface area contributed by atoms with Gasteiger partial charge in [0.05, 0.1) is 11.3 Å². The molecule has 178 valence electrons. The van der Waals surface area contributed by atoms with Gasteiger partial charge in [-0.3, -0.25) is 4.79 Å². The number of alkyl halides is 2. The number of amides is 1. The fraction of sp³-hybridized carbons (Fsp3) is 0.320. The molecule has 3 aromatic rings. The number of rotatable bonds is 5. The second-order valence-corrected chi connectivity index (χ2v) is 9.75. The SMILES string of the molecule is Cc1c(-c2ccccc2)nnc(N2CCCC(F)(F)CC2)c1C(=O)Nc1cccc([S+](C)[O-])c1. The lowest BCUT2D eigenvalue weighted by molar-refractivity contribution is -0.0102. The fourth-order valence-electron chi connectivity index (χ4n) is 4.09. The van der Waals surface area contributed by atoms with Gasteiger partial charge in [0.1, 0.15) is 6.26 Å². The van der Waals surface area contributed by atoms with E-state index in [4.69, 9.17) is 0 Å². The Hall–Kier alpha value is -3.04. The van der Waals surface area contributed by atoms with Gasteiger partial charge in [-0.1, -0.05) is 36.4 Å². The topological polar surface area (TPSA) is 81.2 Å². The van der Waals surface area contributed by atoms with E-state index in [1.165, 1.54) is 0 Å². The highest BCUT2D eigenvalue weighted by Crippen LogP contribution is 2.33. The lowest BCUT2D eigenvalue weighted by Crippen LogP contribution is -2.30. The summed E-state index contributed by atoms with van der Waals surface area (Å²) in [7, 11) is 0. The van der Waals surface area contributed by atoms with Crippen molar-refractivity contribution in [2.24, 2.45) is 0 Å². The lowest BCUT2D eigenvalue weighted by Gasteiger charge is -2.25. The smallest absolute Gasteiger partial charge is 0.259 e. The van der Waals surface area contributed by atoms with E-state index in [-0.39, 0.29) is 19.4 Å². The highest BCUT2D eigenvalue weighted by molar-refractivity contribution is 7.90. The Morgan fingerprint density at radius 2 is 1.85 bits per heavy atom. The van der Waals surface area contributed by atoms with E-state index >= 15 is 0 Å². The van der Waals surface area contributed by atoms with E-state index in [1.807, 2.05) is 30.3 Å². The van der Waals surface area contributed by atoms with Gasteiger partial charge >= 0.3 is 0 Å². The van der Waals surface area contributed by atoms with Crippen LogP contribution in [0.4, 0.5) is 20.3 Å². The highest BCUT2D eigenvalue weighted by atomic mass is 32.2. The van der Waals surface area contributed by atoms with Crippen molar-refractivity contribution in [1.82, 2.24) is 10.2 Å². The molecule has 0 saturated carbocycles. The Kier molecular flexibility index (Phi) is 7.13. The van der Waals surface area contributed by atoms with Crippen molar-refractivity contribution in [1.29, 1.82) is 0 Å². The summed E-state index contributed by atoms with van der Waals surface area (Å²) >= 11 is -1.20. The largest absolute Gasteiger partial charge is 0.612 e. The Morgan fingerprint density at radius 3 is 2.59 bits per heavy atom. The van der Waals surface area contributed by atoms with Crippen LogP contribution in [0.2, 0.25) is 0 Å². The number of hydrogen-bond acceptors (Lipinski definition) is 5. The van der Waals surface area contributed by atoms with Crippen molar-refractivity contribution in [3.63, 3.8) is 0 Å². The molecular weight excluding hydrogens is 458 g/mol. The maximum Gasteiger partial charge on any atom is 0.259 e. The number of halogens is 2. The first kappa shape index (κ1) is 24.1. The Labute approximate surface area is 200 Å². The summed E-state index contributed by atoms with van der Waals surface area (Å²) in [6.45, 7) is 2.23. The van der Waals surface area contributed by atoms with Gasteiger partial charge in [-0.25, -0.2) is 8.78 Å². The third-order valence-corrected chi connectivity index (χ3v) is 6.83. The number of nitrogens with zero attached hydrogens (tertiary/aromatic N) is 3. The van der Waals surface area contributed by atoms with Gasteiger partial charge in [0.15, 0.2) is 10.7 Å². The third-order valence-electron chi connectivity index (χ3n) is 5.91. The van der Waals surface area contributed by atoms with Crippen LogP contribution in [0.5, 0.6) is 0 Å². The summed E-state index contributed by atoms with van der Waals surface area (Å²) < 4.78 is 39.9. The van der Waals surface area contributed by atoms with Crippen molar-refractivity contribution in [2.45, 2.75) is 37.0 Å². The minimum atomic E-state index is -2.74. The minimum Gasteiger partial charge on any atom is -0.612 e. The Bertz CT molecular complexity index is 1170. The number of carbonyl (C=O) groups excluding carboxylic acids is 1. The average molecular weight is 485 g/mol. The molecule has 1 fully saturated rings. The zero-order valence-electron chi connectivity index (χ0n) is 19.1. The van der Waals surface area contributed by atoms with Crippen LogP contribution < -0.4 is 10.2 Å². The van der Waals surface area contributed by atoms with Crippen molar-refractivity contribution in [3.8, 4) is 11.3 Å². The van der Waals surface area contributed by atoms with Crippen molar-refractivity contribution >= 4 is 28.6 Å². The second-order valence-electron chi connectivity index (χ2n) is 8.37. The van der Waals surface area contributed by atoms with Crippen molar-refractivity contribution < 1.29 is 18.1 Å². The molecule has 1 saturated heterocycles. The van der Waals surface area contributed by atoms with Gasteiger partial charge in [-0.2, -0.15) is 0 Å². The van der Waals surface area contributed by atoms with E-state index in [9.17, 15) is 18.1 Å². The summed E-state index contributed by atoms with van der Waals surface area (Å²) in [5.41, 5.74) is 2.75. The number of hydrogen-bond donors (Lipinski definition) is 1. The van der Waals surface area contributed by atoms with Crippen LogP contribution in [0.3, 0.4) is 0 Å². The van der Waals surface area contributed by atoms with Crippen LogP contribution in [-0.2, 0) is 11.2 Å². The summed E-state index contributed by atoms with van der Waals surface area (Å²) in [6, 6.07) is 16.2. The maximum absolute atomic E-state index is 14.0. The standard InChI is InChI=1S/C25H26F2N4O2S/c1-17-21(24(32)28-19-10-6-11-20(16-19)34(2)33)23(31-14-7-12-25(26,27)13-15-31)30-29-22(17)18-8-4-3-5-9-18/h3-6,8-11,16H,7,12-15H2,1-2H3,(H,28,32). The average Bonchev–Trinajstić information content (AvgIpc) is 2.99. The van der Waals surface area contributed by atoms with Gasteiger partial charge in [-0.15, -0.1) is 10.2 Å². The van der Waals surface area contributed by atoms with Crippen LogP contribution in [0.1, 0.15) is 35.2 Å². The Morgan fingerprint density at radius 1 is 1.09 bits per heavy atom. The summed E-state index contributed by atoms with van der Waals surface area (Å²) in [4.78, 5) is 15.9. The molecular formula is C25H26F2N4O2S. The number of carbonyl (C=O) groups is 1. The molecule has 0 bridgehead atoms. The van der Waals surface area contributed by atoms with Crippen LogP contribution in [0.15, 0.2) is 59.5 Å². The normalized spacial score (nSPS) is 16.6. The number of benzene rings is 2. The van der Waals surface area contributed by atoms with Crippen molar-refractivity contribution in [3.05, 3.63) is 65.7 Å². The molecule has 9 heteroatoms. The molecule has 6 nitrogen and oxygen atoms in total. The molecule has 1 aliphatic rings. The van der Waals surface area contributed by atoms with Crippen LogP contribution in [0.25, 0.3) is 11.3 Å².